The van der Waals surface area contributed by atoms with Crippen LogP contribution in [0.1, 0.15) is 16.8 Å². The molecule has 1 aromatic heterocycles. The number of aromatic nitrogens is 1. The first kappa shape index (κ1) is 8.48. The fourth-order valence-electron chi connectivity index (χ4n) is 2.21. The second-order valence-electron chi connectivity index (χ2n) is 4.01. The molecule has 0 saturated carbocycles. The van der Waals surface area contributed by atoms with Gasteiger partial charge in [-0.15, -0.1) is 0 Å². The zero-order valence-electron chi connectivity index (χ0n) is 8.53. The number of hydrogen-bond donors (Lipinski definition) is 0. The van der Waals surface area contributed by atoms with Gasteiger partial charge in [-0.2, -0.15) is 4.73 Å². The van der Waals surface area contributed by atoms with Crippen molar-refractivity contribution in [1.29, 1.82) is 0 Å². The Balaban J connectivity index is 2.29. The molecule has 0 aliphatic heterocycles. The largest absolute Gasteiger partial charge is 0.619 e. The molecule has 0 radical (unpaired) electrons. The van der Waals surface area contributed by atoms with Crippen molar-refractivity contribution in [3.63, 3.8) is 0 Å². The average molecular weight is 197 g/mol. The quantitative estimate of drug-likeness (QED) is 0.401. The summed E-state index contributed by atoms with van der Waals surface area (Å²) in [5, 5.41) is 11.4. The van der Waals surface area contributed by atoms with Crippen LogP contribution in [0.2, 0.25) is 0 Å². The van der Waals surface area contributed by atoms with E-state index in [4.69, 9.17) is 0 Å². The molecule has 15 heavy (non-hydrogen) atoms. The Morgan fingerprint density at radius 1 is 1.13 bits per heavy atom. The molecule has 1 aliphatic rings. The number of nitrogens with zero attached hydrogens (tertiary/aromatic N) is 1. The highest BCUT2D eigenvalue weighted by Gasteiger charge is 2.21. The second-order valence-corrected chi connectivity index (χ2v) is 4.01. The van der Waals surface area contributed by atoms with Crippen LogP contribution in [0.5, 0.6) is 0 Å². The predicted molar refractivity (Wildman–Crippen MR) is 58.4 cm³/mol. The Labute approximate surface area is 88.4 Å². The Morgan fingerprint density at radius 3 is 2.80 bits per heavy atom. The summed E-state index contributed by atoms with van der Waals surface area (Å²) in [5.74, 6) is 0. The van der Waals surface area contributed by atoms with Gasteiger partial charge in [-0.1, -0.05) is 24.3 Å². The Hall–Kier alpha value is -1.83. The van der Waals surface area contributed by atoms with Crippen molar-refractivity contribution in [1.82, 2.24) is 0 Å². The summed E-state index contributed by atoms with van der Waals surface area (Å²) in [6, 6.07) is 10.3. The molecule has 0 fully saturated rings. The molecule has 0 unspecified atom stereocenters. The van der Waals surface area contributed by atoms with E-state index in [9.17, 15) is 5.21 Å². The molecule has 74 valence electrons. The van der Waals surface area contributed by atoms with Crippen molar-refractivity contribution in [2.24, 2.45) is 0 Å². The van der Waals surface area contributed by atoms with Crippen LogP contribution in [0.4, 0.5) is 0 Å². The fraction of sp³-hybridized carbons (Fsp3) is 0.154. The monoisotopic (exact) mass is 197 g/mol. The molecule has 0 atom stereocenters. The van der Waals surface area contributed by atoms with E-state index < -0.39 is 0 Å². The van der Waals surface area contributed by atoms with Crippen LogP contribution in [0.15, 0.2) is 36.5 Å². The summed E-state index contributed by atoms with van der Waals surface area (Å²) in [7, 11) is 0. The maximum Gasteiger partial charge on any atom is 0.190 e. The van der Waals surface area contributed by atoms with Crippen LogP contribution in [0.3, 0.4) is 0 Å². The molecule has 1 aromatic carbocycles. The zero-order chi connectivity index (χ0) is 10.4. The van der Waals surface area contributed by atoms with E-state index in [-0.39, 0.29) is 0 Å². The highest BCUT2D eigenvalue weighted by molar-refractivity contribution is 5.76. The molecule has 2 heteroatoms. The van der Waals surface area contributed by atoms with Gasteiger partial charge in [0.15, 0.2) is 11.9 Å². The van der Waals surface area contributed by atoms with E-state index in [2.05, 4.69) is 12.1 Å². The lowest BCUT2D eigenvalue weighted by Gasteiger charge is -2.03. The molecular weight excluding hydrogens is 186 g/mol. The van der Waals surface area contributed by atoms with Crippen LogP contribution in [0.25, 0.3) is 11.1 Å². The highest BCUT2D eigenvalue weighted by Crippen LogP contribution is 2.35. The van der Waals surface area contributed by atoms with Crippen LogP contribution < -0.4 is 4.73 Å². The number of fused-ring (bicyclic) bond motifs is 3. The van der Waals surface area contributed by atoms with E-state index >= 15 is 0 Å². The van der Waals surface area contributed by atoms with Gasteiger partial charge in [-0.25, -0.2) is 0 Å². The SMILES string of the molecule is Cc1cc2c(c[n+]1[O-])Cc1ccccc1-2. The molecule has 0 amide bonds. The third-order valence-corrected chi connectivity index (χ3v) is 3.01. The minimum absolute atomic E-state index is 0.755. The molecule has 2 aromatic rings. The minimum atomic E-state index is 0.755. The summed E-state index contributed by atoms with van der Waals surface area (Å²) < 4.78 is 0.949. The lowest BCUT2D eigenvalue weighted by Crippen LogP contribution is -2.29. The average Bonchev–Trinajstić information content (AvgIpc) is 2.57. The summed E-state index contributed by atoms with van der Waals surface area (Å²) in [5.41, 5.74) is 5.70. The molecule has 0 N–H and O–H groups in total. The first-order valence-electron chi connectivity index (χ1n) is 5.06. The number of hydrogen-bond acceptors (Lipinski definition) is 1. The topological polar surface area (TPSA) is 26.9 Å². The lowest BCUT2D eigenvalue weighted by molar-refractivity contribution is -0.612. The van der Waals surface area contributed by atoms with E-state index in [1.165, 1.54) is 16.7 Å². The predicted octanol–water partition coefficient (Wildman–Crippen LogP) is 2.20. The van der Waals surface area contributed by atoms with Gasteiger partial charge < -0.3 is 5.21 Å². The first-order valence-corrected chi connectivity index (χ1v) is 5.06. The van der Waals surface area contributed by atoms with Crippen molar-refractivity contribution in [3.8, 4) is 11.1 Å². The summed E-state index contributed by atoms with van der Waals surface area (Å²) in [6.07, 6.45) is 2.58. The smallest absolute Gasteiger partial charge is 0.190 e. The van der Waals surface area contributed by atoms with Gasteiger partial charge in [0.1, 0.15) is 0 Å². The Bertz CT molecular complexity index is 546. The third-order valence-electron chi connectivity index (χ3n) is 3.01. The van der Waals surface area contributed by atoms with E-state index in [1.54, 1.807) is 6.20 Å². The highest BCUT2D eigenvalue weighted by atomic mass is 16.5. The summed E-state index contributed by atoms with van der Waals surface area (Å²) in [6.45, 7) is 1.84. The van der Waals surface area contributed by atoms with Crippen molar-refractivity contribution in [2.75, 3.05) is 0 Å². The van der Waals surface area contributed by atoms with Crippen LogP contribution in [-0.4, -0.2) is 0 Å². The fourth-order valence-corrected chi connectivity index (χ4v) is 2.21. The molecule has 3 rings (SSSR count). The first-order chi connectivity index (χ1) is 7.25. The number of rotatable bonds is 0. The molecular formula is C13H11NO. The summed E-state index contributed by atoms with van der Waals surface area (Å²) in [4.78, 5) is 0. The van der Waals surface area contributed by atoms with Gasteiger partial charge in [0.2, 0.25) is 0 Å². The molecule has 0 saturated heterocycles. The van der Waals surface area contributed by atoms with Gasteiger partial charge in [0, 0.05) is 25.0 Å². The van der Waals surface area contributed by atoms with Gasteiger partial charge >= 0.3 is 0 Å². The molecule has 0 spiro atoms. The molecule has 1 aliphatic carbocycles. The normalized spacial score (nSPS) is 12.3. The lowest BCUT2D eigenvalue weighted by atomic mass is 10.1. The Kier molecular flexibility index (Phi) is 1.60. The van der Waals surface area contributed by atoms with Gasteiger partial charge in [-0.05, 0) is 16.7 Å². The van der Waals surface area contributed by atoms with Crippen molar-refractivity contribution in [2.45, 2.75) is 13.3 Å². The molecule has 1 heterocycles. The van der Waals surface area contributed by atoms with Crippen molar-refractivity contribution >= 4 is 0 Å². The second kappa shape index (κ2) is 2.83. The van der Waals surface area contributed by atoms with Gasteiger partial charge in [0.05, 0.1) is 0 Å². The standard InChI is InChI=1S/C13H11NO/c1-9-6-13-11(8-14(9)15)7-10-4-2-3-5-12(10)13/h2-6,8H,7H2,1H3. The van der Waals surface area contributed by atoms with E-state index in [0.717, 1.165) is 22.4 Å². The van der Waals surface area contributed by atoms with Crippen molar-refractivity contribution < 1.29 is 4.73 Å². The van der Waals surface area contributed by atoms with Gasteiger partial charge in [-0.3, -0.25) is 0 Å². The van der Waals surface area contributed by atoms with Crippen LogP contribution >= 0.6 is 0 Å². The number of pyridine rings is 1. The van der Waals surface area contributed by atoms with E-state index in [1.807, 2.05) is 25.1 Å². The van der Waals surface area contributed by atoms with E-state index in [0.29, 0.717) is 0 Å². The van der Waals surface area contributed by atoms with Crippen LogP contribution in [0, 0.1) is 12.1 Å². The third kappa shape index (κ3) is 1.14. The maximum atomic E-state index is 11.4. The summed E-state index contributed by atoms with van der Waals surface area (Å²) >= 11 is 0. The molecule has 0 bridgehead atoms. The Morgan fingerprint density at radius 2 is 1.93 bits per heavy atom. The minimum Gasteiger partial charge on any atom is -0.619 e. The zero-order valence-corrected chi connectivity index (χ0v) is 8.53. The van der Waals surface area contributed by atoms with Crippen LogP contribution in [-0.2, 0) is 6.42 Å². The van der Waals surface area contributed by atoms with Crippen molar-refractivity contribution in [3.05, 3.63) is 58.6 Å². The molecule has 2 nitrogen and oxygen atoms in total. The maximum absolute atomic E-state index is 11.4. The number of aryl methyl sites for hydroxylation is 1. The number of benzene rings is 1. The van der Waals surface area contributed by atoms with Gasteiger partial charge in [0.25, 0.3) is 0 Å².